The molecule has 9 heavy (non-hydrogen) atoms. The molecule has 1 saturated heterocycles. The van der Waals surface area contributed by atoms with Crippen LogP contribution in [0, 0.1) is 0 Å². The minimum absolute atomic E-state index is 0.278. The van der Waals surface area contributed by atoms with Crippen LogP contribution < -0.4 is 0 Å². The fraction of sp³-hybridized carbons (Fsp3) is 1.00. The lowest BCUT2D eigenvalue weighted by molar-refractivity contribution is -0.333. The van der Waals surface area contributed by atoms with E-state index in [9.17, 15) is 0 Å². The third kappa shape index (κ3) is 3.46. The van der Waals surface area contributed by atoms with Crippen molar-refractivity contribution in [3.8, 4) is 0 Å². The van der Waals surface area contributed by atoms with E-state index in [1.807, 2.05) is 0 Å². The van der Waals surface area contributed by atoms with Crippen molar-refractivity contribution in [1.82, 2.24) is 0 Å². The van der Waals surface area contributed by atoms with Crippen LogP contribution in [0.4, 0.5) is 0 Å². The summed E-state index contributed by atoms with van der Waals surface area (Å²) in [5.74, 6) is 0. The highest BCUT2D eigenvalue weighted by Crippen LogP contribution is 1.99. The molecule has 1 aliphatic heterocycles. The highest BCUT2D eigenvalue weighted by molar-refractivity contribution is 4.39. The van der Waals surface area contributed by atoms with Gasteiger partial charge in [0.05, 0.1) is 6.61 Å². The van der Waals surface area contributed by atoms with Gasteiger partial charge in [-0.1, -0.05) is 0 Å². The van der Waals surface area contributed by atoms with Crippen LogP contribution in [-0.4, -0.2) is 20.0 Å². The maximum atomic E-state index is 5.01. The largest absolute Gasteiger partial charge is 0.352 e. The fourth-order valence-electron chi connectivity index (χ4n) is 0.728. The van der Waals surface area contributed by atoms with Gasteiger partial charge < -0.3 is 4.74 Å². The van der Waals surface area contributed by atoms with E-state index in [1.165, 1.54) is 6.42 Å². The average molecular weight is 132 g/mol. The molecular weight excluding hydrogens is 120 g/mol. The molecule has 54 valence electrons. The zero-order valence-corrected chi connectivity index (χ0v) is 5.47. The molecule has 0 radical (unpaired) electrons. The molecule has 0 saturated carbocycles. The molecule has 0 aromatic heterocycles. The van der Waals surface area contributed by atoms with Gasteiger partial charge in [-0.2, -0.15) is 0 Å². The van der Waals surface area contributed by atoms with Crippen molar-refractivity contribution in [3.05, 3.63) is 0 Å². The lowest BCUT2D eigenvalue weighted by atomic mass is 10.2. The molecular formula is C6H12O3. The molecule has 0 aromatic rings. The van der Waals surface area contributed by atoms with Crippen LogP contribution in [0.3, 0.4) is 0 Å². The lowest BCUT2D eigenvalue weighted by Gasteiger charge is -1.98. The van der Waals surface area contributed by atoms with Gasteiger partial charge in [0.15, 0.2) is 6.79 Å². The molecule has 3 nitrogen and oxygen atoms in total. The van der Waals surface area contributed by atoms with Crippen molar-refractivity contribution in [2.45, 2.75) is 19.3 Å². The Hall–Kier alpha value is -0.120. The first-order valence-electron chi connectivity index (χ1n) is 3.32. The lowest BCUT2D eigenvalue weighted by Crippen LogP contribution is -1.99. The maximum Gasteiger partial charge on any atom is 0.180 e. The van der Waals surface area contributed by atoms with E-state index in [0.29, 0.717) is 6.61 Å². The number of ether oxygens (including phenoxy) is 1. The minimum Gasteiger partial charge on any atom is -0.352 e. The molecule has 3 heteroatoms. The van der Waals surface area contributed by atoms with Crippen molar-refractivity contribution in [2.75, 3.05) is 20.0 Å². The average Bonchev–Trinajstić information content (AvgIpc) is 2.00. The zero-order valence-electron chi connectivity index (χ0n) is 5.47. The quantitative estimate of drug-likeness (QED) is 0.462. The molecule has 0 spiro atoms. The van der Waals surface area contributed by atoms with E-state index in [1.54, 1.807) is 0 Å². The van der Waals surface area contributed by atoms with Crippen LogP contribution in [-0.2, 0) is 14.5 Å². The summed E-state index contributed by atoms with van der Waals surface area (Å²) in [4.78, 5) is 9.36. The Kier molecular flexibility index (Phi) is 3.68. The minimum atomic E-state index is 0.278. The molecule has 0 amide bonds. The first-order valence-corrected chi connectivity index (χ1v) is 3.32. The van der Waals surface area contributed by atoms with E-state index in [4.69, 9.17) is 9.62 Å². The molecule has 1 heterocycles. The third-order valence-electron chi connectivity index (χ3n) is 1.23. The predicted molar refractivity (Wildman–Crippen MR) is 31.7 cm³/mol. The first kappa shape index (κ1) is 6.99. The van der Waals surface area contributed by atoms with Crippen LogP contribution in [0.25, 0.3) is 0 Å². The van der Waals surface area contributed by atoms with Crippen molar-refractivity contribution >= 4 is 0 Å². The summed E-state index contributed by atoms with van der Waals surface area (Å²) >= 11 is 0. The molecule has 1 rings (SSSR count). The maximum absolute atomic E-state index is 5.01. The SMILES string of the molecule is C1CCOCOOCC1. The normalized spacial score (nSPS) is 24.0. The van der Waals surface area contributed by atoms with E-state index in [2.05, 4.69) is 4.89 Å². The van der Waals surface area contributed by atoms with Crippen molar-refractivity contribution in [1.29, 1.82) is 0 Å². The molecule has 1 aliphatic rings. The second kappa shape index (κ2) is 4.73. The van der Waals surface area contributed by atoms with Gasteiger partial charge in [-0.25, -0.2) is 9.78 Å². The summed E-state index contributed by atoms with van der Waals surface area (Å²) in [6.45, 7) is 1.77. The van der Waals surface area contributed by atoms with Gasteiger partial charge in [0.2, 0.25) is 0 Å². The van der Waals surface area contributed by atoms with Gasteiger partial charge in [-0.3, -0.25) is 0 Å². The summed E-state index contributed by atoms with van der Waals surface area (Å²) in [6, 6.07) is 0. The van der Waals surface area contributed by atoms with E-state index >= 15 is 0 Å². The highest BCUT2D eigenvalue weighted by atomic mass is 17.2. The van der Waals surface area contributed by atoms with Gasteiger partial charge in [-0.15, -0.1) is 0 Å². The van der Waals surface area contributed by atoms with Crippen molar-refractivity contribution in [3.63, 3.8) is 0 Å². The Morgan fingerprint density at radius 2 is 1.67 bits per heavy atom. The first-order chi connectivity index (χ1) is 4.50. The summed E-state index contributed by atoms with van der Waals surface area (Å²) in [6.07, 6.45) is 3.36. The predicted octanol–water partition coefficient (Wildman–Crippen LogP) is 1.09. The standard InChI is InChI=1S/C6H12O3/c1-2-4-7-6-9-8-5-3-1/h1-6H2. The van der Waals surface area contributed by atoms with Crippen LogP contribution >= 0.6 is 0 Å². The smallest absolute Gasteiger partial charge is 0.180 e. The number of rotatable bonds is 0. The molecule has 0 bridgehead atoms. The molecule has 0 aliphatic carbocycles. The van der Waals surface area contributed by atoms with Crippen LogP contribution in [0.1, 0.15) is 19.3 Å². The van der Waals surface area contributed by atoms with Crippen LogP contribution in [0.2, 0.25) is 0 Å². The molecule has 0 atom stereocenters. The third-order valence-corrected chi connectivity index (χ3v) is 1.23. The van der Waals surface area contributed by atoms with Crippen molar-refractivity contribution < 1.29 is 14.5 Å². The summed E-state index contributed by atoms with van der Waals surface area (Å²) < 4.78 is 5.01. The molecule has 0 N–H and O–H groups in total. The van der Waals surface area contributed by atoms with E-state index in [0.717, 1.165) is 19.4 Å². The summed E-state index contributed by atoms with van der Waals surface area (Å²) in [5, 5.41) is 0. The topological polar surface area (TPSA) is 27.7 Å². The second-order valence-corrected chi connectivity index (χ2v) is 2.03. The Morgan fingerprint density at radius 3 is 2.67 bits per heavy atom. The Labute approximate surface area is 54.8 Å². The summed E-state index contributed by atoms with van der Waals surface area (Å²) in [7, 11) is 0. The number of hydrogen-bond donors (Lipinski definition) is 0. The van der Waals surface area contributed by atoms with Crippen molar-refractivity contribution in [2.24, 2.45) is 0 Å². The Morgan fingerprint density at radius 1 is 0.778 bits per heavy atom. The van der Waals surface area contributed by atoms with Gasteiger partial charge in [0.1, 0.15) is 0 Å². The molecule has 1 fully saturated rings. The van der Waals surface area contributed by atoms with Gasteiger partial charge in [0, 0.05) is 6.61 Å². The number of hydrogen-bond acceptors (Lipinski definition) is 3. The summed E-state index contributed by atoms with van der Waals surface area (Å²) in [5.41, 5.74) is 0. The Balaban J connectivity index is 2.02. The monoisotopic (exact) mass is 132 g/mol. The zero-order chi connectivity index (χ0) is 6.36. The van der Waals surface area contributed by atoms with Crippen LogP contribution in [0.15, 0.2) is 0 Å². The van der Waals surface area contributed by atoms with Gasteiger partial charge in [0.25, 0.3) is 0 Å². The van der Waals surface area contributed by atoms with E-state index < -0.39 is 0 Å². The molecule has 0 aromatic carbocycles. The second-order valence-electron chi connectivity index (χ2n) is 2.03. The fourth-order valence-corrected chi connectivity index (χ4v) is 0.728. The van der Waals surface area contributed by atoms with Gasteiger partial charge in [-0.05, 0) is 19.3 Å². The van der Waals surface area contributed by atoms with Gasteiger partial charge >= 0.3 is 0 Å². The Bertz CT molecular complexity index is 36.8. The molecule has 0 unspecified atom stereocenters. The van der Waals surface area contributed by atoms with E-state index in [-0.39, 0.29) is 6.79 Å². The highest BCUT2D eigenvalue weighted by Gasteiger charge is 1.95. The van der Waals surface area contributed by atoms with Crippen LogP contribution in [0.5, 0.6) is 0 Å².